The number of benzene rings is 1. The fraction of sp³-hybridized carbons (Fsp3) is 0.435. The summed E-state index contributed by atoms with van der Waals surface area (Å²) in [5.41, 5.74) is 1.47. The van der Waals surface area contributed by atoms with Gasteiger partial charge in [0.05, 0.1) is 41.6 Å². The van der Waals surface area contributed by atoms with Crippen LogP contribution in [-0.2, 0) is 31.8 Å². The highest BCUT2D eigenvalue weighted by molar-refractivity contribution is 7.17. The standard InChI is InChI=1S/C23H25N3O8S/c1-2-33-23(29)20-15-4-3-5-18(15)35-21(20)24-19(27)13-34-22(28)16-12-14(26(30)31)6-7-17(16)25-8-10-32-11-9-25/h6-7,12H,2-5,8-11,13H2,1H3,(H,24,27). The molecule has 12 heteroatoms. The van der Waals surface area contributed by atoms with Crippen LogP contribution < -0.4 is 10.2 Å². The number of fused-ring (bicyclic) bond motifs is 1. The second-order valence-corrected chi connectivity index (χ2v) is 9.07. The van der Waals surface area contributed by atoms with Crippen LogP contribution in [0.5, 0.6) is 0 Å². The van der Waals surface area contributed by atoms with Crippen LogP contribution in [0.3, 0.4) is 0 Å². The Morgan fingerprint density at radius 2 is 1.94 bits per heavy atom. The zero-order valence-corrected chi connectivity index (χ0v) is 20.0. The van der Waals surface area contributed by atoms with Crippen LogP contribution in [0.1, 0.15) is 44.5 Å². The Balaban J connectivity index is 1.47. The number of nitro groups is 1. The van der Waals surface area contributed by atoms with Gasteiger partial charge in [0, 0.05) is 30.1 Å². The number of aryl methyl sites for hydroxylation is 1. The molecular weight excluding hydrogens is 478 g/mol. The van der Waals surface area contributed by atoms with E-state index in [2.05, 4.69) is 5.32 Å². The first-order valence-electron chi connectivity index (χ1n) is 11.3. The van der Waals surface area contributed by atoms with Crippen LogP contribution in [0.25, 0.3) is 0 Å². The number of rotatable bonds is 8. The molecule has 2 aromatic rings. The van der Waals surface area contributed by atoms with E-state index in [1.54, 1.807) is 6.92 Å². The van der Waals surface area contributed by atoms with Gasteiger partial charge in [-0.15, -0.1) is 11.3 Å². The molecule has 186 valence electrons. The number of nitrogens with one attached hydrogen (secondary N) is 1. The van der Waals surface area contributed by atoms with Crippen LogP contribution in [0.15, 0.2) is 18.2 Å². The fourth-order valence-corrected chi connectivity index (χ4v) is 5.46. The second kappa shape index (κ2) is 10.8. The molecule has 0 bridgehead atoms. The molecule has 1 amide bonds. The van der Waals surface area contributed by atoms with E-state index in [1.165, 1.54) is 23.5 Å². The molecule has 1 aliphatic heterocycles. The number of anilines is 2. The average molecular weight is 504 g/mol. The van der Waals surface area contributed by atoms with E-state index in [1.807, 2.05) is 4.90 Å². The average Bonchev–Trinajstić information content (AvgIpc) is 3.43. The lowest BCUT2D eigenvalue weighted by Crippen LogP contribution is -2.37. The molecule has 0 atom stereocenters. The number of thiophene rings is 1. The molecule has 1 aliphatic carbocycles. The molecule has 2 aliphatic rings. The zero-order chi connectivity index (χ0) is 24.9. The summed E-state index contributed by atoms with van der Waals surface area (Å²) in [4.78, 5) is 51.5. The van der Waals surface area contributed by atoms with Crippen molar-refractivity contribution in [1.29, 1.82) is 0 Å². The number of nitro benzene ring substituents is 1. The van der Waals surface area contributed by atoms with Crippen molar-refractivity contribution in [3.63, 3.8) is 0 Å². The van der Waals surface area contributed by atoms with Gasteiger partial charge in [-0.1, -0.05) is 0 Å². The van der Waals surface area contributed by atoms with Crippen molar-refractivity contribution in [3.05, 3.63) is 49.9 Å². The number of hydrogen-bond acceptors (Lipinski definition) is 10. The van der Waals surface area contributed by atoms with Crippen molar-refractivity contribution in [2.45, 2.75) is 26.2 Å². The number of carbonyl (C=O) groups is 3. The Morgan fingerprint density at radius 3 is 2.66 bits per heavy atom. The van der Waals surface area contributed by atoms with Gasteiger partial charge in [-0.2, -0.15) is 0 Å². The SMILES string of the molecule is CCOC(=O)c1c(NC(=O)COC(=O)c2cc([N+](=O)[O-])ccc2N2CCOCC2)sc2c1CCC2. The number of esters is 2. The number of hydrogen-bond donors (Lipinski definition) is 1. The molecular formula is C23H25N3O8S. The molecule has 0 unspecified atom stereocenters. The third kappa shape index (κ3) is 5.43. The highest BCUT2D eigenvalue weighted by Crippen LogP contribution is 2.39. The molecule has 11 nitrogen and oxygen atoms in total. The molecule has 1 saturated heterocycles. The number of amides is 1. The number of morpholine rings is 1. The summed E-state index contributed by atoms with van der Waals surface area (Å²) in [6, 6.07) is 3.97. The van der Waals surface area contributed by atoms with Crippen molar-refractivity contribution < 1.29 is 33.5 Å². The second-order valence-electron chi connectivity index (χ2n) is 7.96. The van der Waals surface area contributed by atoms with Crippen molar-refractivity contribution in [2.24, 2.45) is 0 Å². The van der Waals surface area contributed by atoms with Crippen molar-refractivity contribution in [1.82, 2.24) is 0 Å². The number of nitrogens with zero attached hydrogens (tertiary/aromatic N) is 2. The third-order valence-electron chi connectivity index (χ3n) is 5.75. The van der Waals surface area contributed by atoms with Crippen molar-refractivity contribution in [2.75, 3.05) is 49.7 Å². The monoisotopic (exact) mass is 503 g/mol. The van der Waals surface area contributed by atoms with Gasteiger partial charge in [0.2, 0.25) is 0 Å². The van der Waals surface area contributed by atoms with E-state index in [4.69, 9.17) is 14.2 Å². The zero-order valence-electron chi connectivity index (χ0n) is 19.2. The molecule has 1 aromatic carbocycles. The van der Waals surface area contributed by atoms with E-state index in [-0.39, 0.29) is 17.9 Å². The Bertz CT molecular complexity index is 1160. The van der Waals surface area contributed by atoms with Crippen LogP contribution >= 0.6 is 11.3 Å². The van der Waals surface area contributed by atoms with Crippen LogP contribution in [0.4, 0.5) is 16.4 Å². The van der Waals surface area contributed by atoms with E-state index in [0.717, 1.165) is 35.8 Å². The molecule has 4 rings (SSSR count). The predicted molar refractivity (Wildman–Crippen MR) is 127 cm³/mol. The minimum absolute atomic E-state index is 0.00351. The maximum atomic E-state index is 12.9. The molecule has 35 heavy (non-hydrogen) atoms. The highest BCUT2D eigenvalue weighted by atomic mass is 32.1. The fourth-order valence-electron chi connectivity index (χ4n) is 4.16. The molecule has 2 heterocycles. The number of ether oxygens (including phenoxy) is 3. The Morgan fingerprint density at radius 1 is 1.17 bits per heavy atom. The first-order valence-corrected chi connectivity index (χ1v) is 12.1. The lowest BCUT2D eigenvalue weighted by atomic mass is 10.1. The van der Waals surface area contributed by atoms with Gasteiger partial charge in [-0.25, -0.2) is 9.59 Å². The van der Waals surface area contributed by atoms with Crippen molar-refractivity contribution in [3.8, 4) is 0 Å². The lowest BCUT2D eigenvalue weighted by Gasteiger charge is -2.30. The van der Waals surface area contributed by atoms with Gasteiger partial charge in [0.15, 0.2) is 6.61 Å². The smallest absolute Gasteiger partial charge is 0.341 e. The predicted octanol–water partition coefficient (Wildman–Crippen LogP) is 2.95. The van der Waals surface area contributed by atoms with E-state index in [0.29, 0.717) is 42.6 Å². The van der Waals surface area contributed by atoms with Gasteiger partial charge in [-0.05, 0) is 37.8 Å². The molecule has 0 saturated carbocycles. The Hall–Kier alpha value is -3.51. The molecule has 0 radical (unpaired) electrons. The maximum Gasteiger partial charge on any atom is 0.341 e. The van der Waals surface area contributed by atoms with Gasteiger partial charge < -0.3 is 24.4 Å². The summed E-state index contributed by atoms with van der Waals surface area (Å²) >= 11 is 1.32. The first kappa shape index (κ1) is 24.6. The quantitative estimate of drug-likeness (QED) is 0.327. The normalized spacial score (nSPS) is 14.8. The first-order chi connectivity index (χ1) is 16.9. The molecule has 1 aromatic heterocycles. The van der Waals surface area contributed by atoms with E-state index >= 15 is 0 Å². The minimum Gasteiger partial charge on any atom is -0.462 e. The molecule has 1 N–H and O–H groups in total. The highest BCUT2D eigenvalue weighted by Gasteiger charge is 2.29. The Labute approximate surface area is 205 Å². The summed E-state index contributed by atoms with van der Waals surface area (Å²) in [5, 5.41) is 14.3. The summed E-state index contributed by atoms with van der Waals surface area (Å²) < 4.78 is 15.7. The van der Waals surface area contributed by atoms with Crippen LogP contribution in [-0.4, -0.2) is 62.3 Å². The lowest BCUT2D eigenvalue weighted by molar-refractivity contribution is -0.384. The summed E-state index contributed by atoms with van der Waals surface area (Å²) in [7, 11) is 0. The minimum atomic E-state index is -0.857. The maximum absolute atomic E-state index is 12.9. The van der Waals surface area contributed by atoms with Gasteiger partial charge in [-0.3, -0.25) is 14.9 Å². The number of non-ortho nitro benzene ring substituents is 1. The van der Waals surface area contributed by atoms with Crippen LogP contribution in [0.2, 0.25) is 0 Å². The summed E-state index contributed by atoms with van der Waals surface area (Å²) in [6.07, 6.45) is 2.50. The van der Waals surface area contributed by atoms with Crippen molar-refractivity contribution >= 4 is 45.6 Å². The van der Waals surface area contributed by atoms with Gasteiger partial charge in [0.1, 0.15) is 5.00 Å². The molecule has 1 fully saturated rings. The summed E-state index contributed by atoms with van der Waals surface area (Å²) in [6.45, 7) is 3.25. The van der Waals surface area contributed by atoms with Gasteiger partial charge in [0.25, 0.3) is 11.6 Å². The molecule has 0 spiro atoms. The summed E-state index contributed by atoms with van der Waals surface area (Å²) in [5.74, 6) is -1.97. The van der Waals surface area contributed by atoms with Gasteiger partial charge >= 0.3 is 11.9 Å². The van der Waals surface area contributed by atoms with Crippen LogP contribution in [0, 0.1) is 10.1 Å². The Kier molecular flexibility index (Phi) is 7.61. The third-order valence-corrected chi connectivity index (χ3v) is 6.96. The van der Waals surface area contributed by atoms with E-state index < -0.39 is 29.4 Å². The largest absolute Gasteiger partial charge is 0.462 e. The topological polar surface area (TPSA) is 137 Å². The number of carbonyl (C=O) groups excluding carboxylic acids is 3. The van der Waals surface area contributed by atoms with E-state index in [9.17, 15) is 24.5 Å².